The molecule has 0 spiro atoms. The summed E-state index contributed by atoms with van der Waals surface area (Å²) in [6.07, 6.45) is 15.2. The third kappa shape index (κ3) is 19.5. The fraction of sp³-hybridized carbons (Fsp3) is 0.947. The minimum atomic E-state index is -1.30. The van der Waals surface area contributed by atoms with E-state index in [9.17, 15) is 4.79 Å². The van der Waals surface area contributed by atoms with Gasteiger partial charge in [0, 0.05) is 19.4 Å². The molecule has 0 aliphatic carbocycles. The molecule has 4 heteroatoms. The first-order chi connectivity index (χ1) is 11.2. The molecule has 0 rings (SSSR count). The average molecular weight is 330 g/mol. The Labute approximate surface area is 143 Å². The minimum Gasteiger partial charge on any atom is -0.367 e. The lowest BCUT2D eigenvalue weighted by atomic mass is 10.0. The van der Waals surface area contributed by atoms with Gasteiger partial charge in [-0.15, -0.1) is 0 Å². The predicted molar refractivity (Wildman–Crippen MR) is 96.4 cm³/mol. The highest BCUT2D eigenvalue weighted by Crippen LogP contribution is 2.12. The number of hydrogen-bond acceptors (Lipinski definition) is 4. The number of hydrogen-bond donors (Lipinski definition) is 3. The largest absolute Gasteiger partial charge is 0.367 e. The topological polar surface area (TPSA) is 69.6 Å². The van der Waals surface area contributed by atoms with Crippen LogP contribution >= 0.6 is 0 Å². The Kier molecular flexibility index (Phi) is 17.5. The third-order valence-corrected chi connectivity index (χ3v) is 4.20. The SMILES string of the molecule is CCCCCCCCCCCCCC(=O)CCCNCC(O)O. The fourth-order valence-corrected chi connectivity index (χ4v) is 2.75. The molecule has 0 bridgehead atoms. The van der Waals surface area contributed by atoms with Gasteiger partial charge in [-0.25, -0.2) is 0 Å². The Morgan fingerprint density at radius 2 is 1.26 bits per heavy atom. The number of aliphatic hydroxyl groups is 2. The van der Waals surface area contributed by atoms with E-state index in [1.54, 1.807) is 0 Å². The molecule has 0 aromatic heterocycles. The molecule has 0 saturated carbocycles. The van der Waals surface area contributed by atoms with E-state index < -0.39 is 6.29 Å². The van der Waals surface area contributed by atoms with Crippen molar-refractivity contribution in [1.29, 1.82) is 0 Å². The minimum absolute atomic E-state index is 0.173. The van der Waals surface area contributed by atoms with Gasteiger partial charge in [0.1, 0.15) is 5.78 Å². The van der Waals surface area contributed by atoms with Crippen LogP contribution in [0.25, 0.3) is 0 Å². The normalized spacial score (nSPS) is 11.3. The van der Waals surface area contributed by atoms with Crippen LogP contribution in [0.5, 0.6) is 0 Å². The zero-order valence-corrected chi connectivity index (χ0v) is 15.2. The number of Topliss-reactive ketones (excluding diaryl/α,β-unsaturated/α-hetero) is 1. The summed E-state index contributed by atoms with van der Waals surface area (Å²) >= 11 is 0. The van der Waals surface area contributed by atoms with Crippen LogP contribution in [0.3, 0.4) is 0 Å². The molecule has 0 amide bonds. The lowest BCUT2D eigenvalue weighted by molar-refractivity contribution is -0.119. The van der Waals surface area contributed by atoms with Crippen LogP contribution < -0.4 is 5.32 Å². The van der Waals surface area contributed by atoms with E-state index in [-0.39, 0.29) is 6.54 Å². The molecule has 0 aliphatic heterocycles. The zero-order valence-electron chi connectivity index (χ0n) is 15.2. The maximum Gasteiger partial charge on any atom is 0.164 e. The number of aliphatic hydroxyl groups excluding tert-OH is 1. The van der Waals surface area contributed by atoms with Crippen molar-refractivity contribution in [1.82, 2.24) is 5.32 Å². The van der Waals surface area contributed by atoms with Crippen LogP contribution in [0.2, 0.25) is 0 Å². The number of nitrogens with one attached hydrogen (secondary N) is 1. The summed E-state index contributed by atoms with van der Waals surface area (Å²) in [7, 11) is 0. The second-order valence-electron chi connectivity index (χ2n) is 6.61. The maximum absolute atomic E-state index is 11.7. The number of carbonyl (C=O) groups excluding carboxylic acids is 1. The van der Waals surface area contributed by atoms with Gasteiger partial charge in [0.2, 0.25) is 0 Å². The summed E-state index contributed by atoms with van der Waals surface area (Å²) in [6, 6.07) is 0. The number of ketones is 1. The molecular formula is C19H39NO3. The van der Waals surface area contributed by atoms with Crippen LogP contribution in [0.4, 0.5) is 0 Å². The first-order valence-electron chi connectivity index (χ1n) is 9.75. The molecule has 0 aliphatic rings. The molecule has 4 nitrogen and oxygen atoms in total. The molecule has 23 heavy (non-hydrogen) atoms. The van der Waals surface area contributed by atoms with Crippen molar-refractivity contribution in [3.63, 3.8) is 0 Å². The molecule has 0 aromatic rings. The van der Waals surface area contributed by atoms with Gasteiger partial charge in [-0.1, -0.05) is 71.1 Å². The van der Waals surface area contributed by atoms with Crippen molar-refractivity contribution in [2.45, 2.75) is 103 Å². The Morgan fingerprint density at radius 1 is 0.783 bits per heavy atom. The molecule has 0 radical (unpaired) electrons. The van der Waals surface area contributed by atoms with Crippen molar-refractivity contribution in [3.8, 4) is 0 Å². The molecule has 0 fully saturated rings. The molecular weight excluding hydrogens is 290 g/mol. The Bertz CT molecular complexity index is 257. The highest BCUT2D eigenvalue weighted by atomic mass is 16.5. The maximum atomic E-state index is 11.7. The predicted octanol–water partition coefficient (Wildman–Crippen LogP) is 3.94. The highest BCUT2D eigenvalue weighted by molar-refractivity contribution is 5.78. The van der Waals surface area contributed by atoms with E-state index >= 15 is 0 Å². The summed E-state index contributed by atoms with van der Waals surface area (Å²) in [4.78, 5) is 11.7. The van der Waals surface area contributed by atoms with Gasteiger partial charge in [-0.3, -0.25) is 4.79 Å². The molecule has 0 atom stereocenters. The van der Waals surface area contributed by atoms with Gasteiger partial charge < -0.3 is 15.5 Å². The first-order valence-corrected chi connectivity index (χ1v) is 9.75. The van der Waals surface area contributed by atoms with Gasteiger partial charge in [0.05, 0.1) is 0 Å². The lowest BCUT2D eigenvalue weighted by Gasteiger charge is -2.06. The monoisotopic (exact) mass is 329 g/mol. The Balaban J connectivity index is 3.14. The van der Waals surface area contributed by atoms with Crippen molar-refractivity contribution in [2.75, 3.05) is 13.1 Å². The first kappa shape index (κ1) is 22.6. The van der Waals surface area contributed by atoms with Crippen molar-refractivity contribution >= 4 is 5.78 Å². The number of unbranched alkanes of at least 4 members (excludes halogenated alkanes) is 10. The van der Waals surface area contributed by atoms with Crippen molar-refractivity contribution in [3.05, 3.63) is 0 Å². The van der Waals surface area contributed by atoms with Crippen LogP contribution in [0, 0.1) is 0 Å². The molecule has 138 valence electrons. The summed E-state index contributed by atoms with van der Waals surface area (Å²) in [5.41, 5.74) is 0. The van der Waals surface area contributed by atoms with E-state index in [4.69, 9.17) is 10.2 Å². The Morgan fingerprint density at radius 3 is 1.78 bits per heavy atom. The molecule has 0 unspecified atom stereocenters. The van der Waals surface area contributed by atoms with Crippen molar-refractivity contribution in [2.24, 2.45) is 0 Å². The summed E-state index contributed by atoms with van der Waals surface area (Å²) < 4.78 is 0. The van der Waals surface area contributed by atoms with Crippen molar-refractivity contribution < 1.29 is 15.0 Å². The lowest BCUT2D eigenvalue weighted by Crippen LogP contribution is -2.27. The highest BCUT2D eigenvalue weighted by Gasteiger charge is 2.02. The second-order valence-corrected chi connectivity index (χ2v) is 6.61. The third-order valence-electron chi connectivity index (χ3n) is 4.20. The quantitative estimate of drug-likeness (QED) is 0.263. The van der Waals surface area contributed by atoms with Gasteiger partial charge in [-0.05, 0) is 19.4 Å². The van der Waals surface area contributed by atoms with Gasteiger partial charge in [0.15, 0.2) is 6.29 Å². The van der Waals surface area contributed by atoms with Gasteiger partial charge in [0.25, 0.3) is 0 Å². The fourth-order valence-electron chi connectivity index (χ4n) is 2.75. The smallest absolute Gasteiger partial charge is 0.164 e. The van der Waals surface area contributed by atoms with Crippen LogP contribution in [-0.4, -0.2) is 35.4 Å². The summed E-state index contributed by atoms with van der Waals surface area (Å²) in [5, 5.41) is 20.2. The second kappa shape index (κ2) is 17.9. The van der Waals surface area contributed by atoms with Crippen LogP contribution in [0.1, 0.15) is 96.8 Å². The molecule has 0 saturated heterocycles. The standard InChI is InChI=1S/C19H39NO3/c1-2-3-4-5-6-7-8-9-10-11-12-14-18(21)15-13-16-20-17-19(22)23/h19-20,22-23H,2-17H2,1H3. The van der Waals surface area contributed by atoms with Crippen LogP contribution in [-0.2, 0) is 4.79 Å². The molecule has 0 heterocycles. The van der Waals surface area contributed by atoms with E-state index in [1.165, 1.54) is 64.2 Å². The zero-order chi connectivity index (χ0) is 17.2. The number of rotatable bonds is 18. The van der Waals surface area contributed by atoms with E-state index in [2.05, 4.69) is 12.2 Å². The van der Waals surface area contributed by atoms with E-state index in [0.717, 1.165) is 12.8 Å². The Hall–Kier alpha value is -0.450. The van der Waals surface area contributed by atoms with Crippen LogP contribution in [0.15, 0.2) is 0 Å². The molecule has 0 aromatic carbocycles. The van der Waals surface area contributed by atoms with Gasteiger partial charge >= 0.3 is 0 Å². The summed E-state index contributed by atoms with van der Waals surface area (Å²) in [5.74, 6) is 0.340. The van der Waals surface area contributed by atoms with E-state index in [1.807, 2.05) is 0 Å². The number of carbonyl (C=O) groups is 1. The summed E-state index contributed by atoms with van der Waals surface area (Å²) in [6.45, 7) is 3.10. The van der Waals surface area contributed by atoms with Gasteiger partial charge in [-0.2, -0.15) is 0 Å². The average Bonchev–Trinajstić information content (AvgIpc) is 2.52. The molecule has 3 N–H and O–H groups in total. The van der Waals surface area contributed by atoms with E-state index in [0.29, 0.717) is 25.2 Å².